The third-order valence-electron chi connectivity index (χ3n) is 2.17. The van der Waals surface area contributed by atoms with Crippen LogP contribution in [0.15, 0.2) is 24.4 Å². The average molecular weight is 151 g/mol. The summed E-state index contributed by atoms with van der Waals surface area (Å²) >= 11 is 0. The number of allylic oxidation sites excluding steroid dienone is 3. The van der Waals surface area contributed by atoms with Crippen LogP contribution in [-0.2, 0) is 0 Å². The first kappa shape index (κ1) is 8.38. The van der Waals surface area contributed by atoms with Gasteiger partial charge in [0.1, 0.15) is 0 Å². The van der Waals surface area contributed by atoms with Gasteiger partial charge in [0.15, 0.2) is 0 Å². The summed E-state index contributed by atoms with van der Waals surface area (Å²) in [7, 11) is 0. The molecule has 0 bridgehead atoms. The minimum absolute atomic E-state index is 0.681. The molecule has 1 aliphatic carbocycles. The Morgan fingerprint density at radius 1 is 1.64 bits per heavy atom. The van der Waals surface area contributed by atoms with Crippen molar-refractivity contribution in [3.05, 3.63) is 24.4 Å². The molecule has 62 valence electrons. The molecule has 1 N–H and O–H groups in total. The average Bonchev–Trinajstić information content (AvgIpc) is 2.07. The standard InChI is InChI=1S/C10H17N/c1-3-11-9(2)10-7-5-4-6-8-10/h4-5,10-11H,2-3,6-8H2,1H3. The van der Waals surface area contributed by atoms with Gasteiger partial charge < -0.3 is 5.32 Å². The van der Waals surface area contributed by atoms with Gasteiger partial charge >= 0.3 is 0 Å². The Hall–Kier alpha value is -0.720. The van der Waals surface area contributed by atoms with E-state index in [4.69, 9.17) is 0 Å². The third-order valence-corrected chi connectivity index (χ3v) is 2.17. The summed E-state index contributed by atoms with van der Waals surface area (Å²) in [6.07, 6.45) is 8.18. The lowest BCUT2D eigenvalue weighted by Gasteiger charge is -2.20. The van der Waals surface area contributed by atoms with Gasteiger partial charge in [-0.3, -0.25) is 0 Å². The van der Waals surface area contributed by atoms with Crippen molar-refractivity contribution in [1.82, 2.24) is 5.32 Å². The molecule has 1 atom stereocenters. The molecule has 1 aliphatic rings. The minimum Gasteiger partial charge on any atom is -0.389 e. The van der Waals surface area contributed by atoms with E-state index in [9.17, 15) is 0 Å². The number of nitrogens with one attached hydrogen (secondary N) is 1. The number of hydrogen-bond donors (Lipinski definition) is 1. The largest absolute Gasteiger partial charge is 0.389 e. The molecule has 1 nitrogen and oxygen atoms in total. The van der Waals surface area contributed by atoms with Crippen molar-refractivity contribution < 1.29 is 0 Å². The predicted molar refractivity (Wildman–Crippen MR) is 49.3 cm³/mol. The van der Waals surface area contributed by atoms with Crippen molar-refractivity contribution in [3.63, 3.8) is 0 Å². The van der Waals surface area contributed by atoms with Crippen LogP contribution in [0.4, 0.5) is 0 Å². The van der Waals surface area contributed by atoms with E-state index >= 15 is 0 Å². The van der Waals surface area contributed by atoms with Gasteiger partial charge in [-0.05, 0) is 26.2 Å². The Kier molecular flexibility index (Phi) is 3.21. The third kappa shape index (κ3) is 2.41. The summed E-state index contributed by atoms with van der Waals surface area (Å²) in [6.45, 7) is 7.14. The molecule has 0 saturated carbocycles. The summed E-state index contributed by atoms with van der Waals surface area (Å²) in [5.41, 5.74) is 1.22. The molecule has 0 amide bonds. The summed E-state index contributed by atoms with van der Waals surface area (Å²) < 4.78 is 0. The van der Waals surface area contributed by atoms with Crippen LogP contribution in [0.25, 0.3) is 0 Å². The monoisotopic (exact) mass is 151 g/mol. The molecule has 0 aliphatic heterocycles. The highest BCUT2D eigenvalue weighted by Crippen LogP contribution is 2.22. The molecule has 0 saturated heterocycles. The zero-order valence-electron chi connectivity index (χ0n) is 7.27. The van der Waals surface area contributed by atoms with Crippen LogP contribution in [-0.4, -0.2) is 6.54 Å². The van der Waals surface area contributed by atoms with E-state index in [1.165, 1.54) is 25.0 Å². The highest BCUT2D eigenvalue weighted by Gasteiger charge is 2.11. The van der Waals surface area contributed by atoms with Crippen molar-refractivity contribution in [2.75, 3.05) is 6.54 Å². The fourth-order valence-electron chi connectivity index (χ4n) is 1.48. The first-order valence-corrected chi connectivity index (χ1v) is 4.42. The summed E-state index contributed by atoms with van der Waals surface area (Å²) in [5.74, 6) is 0.681. The molecule has 0 aromatic carbocycles. The van der Waals surface area contributed by atoms with Crippen LogP contribution in [0, 0.1) is 5.92 Å². The number of rotatable bonds is 3. The van der Waals surface area contributed by atoms with Crippen molar-refractivity contribution in [1.29, 1.82) is 0 Å². The fraction of sp³-hybridized carbons (Fsp3) is 0.600. The van der Waals surface area contributed by atoms with Gasteiger partial charge in [-0.15, -0.1) is 0 Å². The van der Waals surface area contributed by atoms with Crippen LogP contribution >= 0.6 is 0 Å². The van der Waals surface area contributed by atoms with Crippen molar-refractivity contribution in [2.24, 2.45) is 5.92 Å². The van der Waals surface area contributed by atoms with Crippen LogP contribution in [0.2, 0.25) is 0 Å². The molecule has 0 aromatic rings. The molecule has 0 radical (unpaired) electrons. The highest BCUT2D eigenvalue weighted by atomic mass is 14.9. The van der Waals surface area contributed by atoms with Crippen molar-refractivity contribution >= 4 is 0 Å². The van der Waals surface area contributed by atoms with Gasteiger partial charge in [0.05, 0.1) is 0 Å². The quantitative estimate of drug-likeness (QED) is 0.611. The lowest BCUT2D eigenvalue weighted by atomic mass is 9.92. The topological polar surface area (TPSA) is 12.0 Å². The summed E-state index contributed by atoms with van der Waals surface area (Å²) in [5, 5.41) is 3.29. The lowest BCUT2D eigenvalue weighted by Crippen LogP contribution is -2.19. The lowest BCUT2D eigenvalue weighted by molar-refractivity contribution is 0.518. The summed E-state index contributed by atoms with van der Waals surface area (Å²) in [6, 6.07) is 0. The van der Waals surface area contributed by atoms with Gasteiger partial charge in [0, 0.05) is 18.2 Å². The van der Waals surface area contributed by atoms with Gasteiger partial charge in [0.25, 0.3) is 0 Å². The van der Waals surface area contributed by atoms with E-state index in [-0.39, 0.29) is 0 Å². The second kappa shape index (κ2) is 4.22. The van der Waals surface area contributed by atoms with Crippen LogP contribution in [0.3, 0.4) is 0 Å². The Bertz CT molecular complexity index is 158. The minimum atomic E-state index is 0.681. The molecule has 1 heteroatoms. The molecule has 11 heavy (non-hydrogen) atoms. The smallest absolute Gasteiger partial charge is 0.0115 e. The maximum absolute atomic E-state index is 4.02. The second-order valence-corrected chi connectivity index (χ2v) is 3.04. The molecule has 0 aromatic heterocycles. The molecular weight excluding hydrogens is 134 g/mol. The highest BCUT2D eigenvalue weighted by molar-refractivity contribution is 5.04. The van der Waals surface area contributed by atoms with E-state index in [1.807, 2.05) is 0 Å². The SMILES string of the molecule is C=C(NCC)C1CC=CCC1. The molecule has 1 unspecified atom stereocenters. The Balaban J connectivity index is 2.34. The van der Waals surface area contributed by atoms with Gasteiger partial charge in [-0.2, -0.15) is 0 Å². The zero-order valence-corrected chi connectivity index (χ0v) is 7.27. The summed E-state index contributed by atoms with van der Waals surface area (Å²) in [4.78, 5) is 0. The van der Waals surface area contributed by atoms with Crippen molar-refractivity contribution in [2.45, 2.75) is 26.2 Å². The van der Waals surface area contributed by atoms with Crippen molar-refractivity contribution in [3.8, 4) is 0 Å². The molecular formula is C10H17N. The van der Waals surface area contributed by atoms with E-state index in [1.54, 1.807) is 0 Å². The van der Waals surface area contributed by atoms with E-state index < -0.39 is 0 Å². The van der Waals surface area contributed by atoms with E-state index in [0.29, 0.717) is 5.92 Å². The van der Waals surface area contributed by atoms with Crippen LogP contribution < -0.4 is 5.32 Å². The fourth-order valence-corrected chi connectivity index (χ4v) is 1.48. The first-order chi connectivity index (χ1) is 5.34. The van der Waals surface area contributed by atoms with Crippen LogP contribution in [0.1, 0.15) is 26.2 Å². The molecule has 1 rings (SSSR count). The number of hydrogen-bond acceptors (Lipinski definition) is 1. The van der Waals surface area contributed by atoms with Gasteiger partial charge in [-0.1, -0.05) is 18.7 Å². The Labute approximate surface area is 69.2 Å². The van der Waals surface area contributed by atoms with E-state index in [2.05, 4.69) is 31.0 Å². The normalized spacial score (nSPS) is 23.2. The van der Waals surface area contributed by atoms with E-state index in [0.717, 1.165) is 6.54 Å². The van der Waals surface area contributed by atoms with Gasteiger partial charge in [0.2, 0.25) is 0 Å². The molecule has 0 spiro atoms. The predicted octanol–water partition coefficient (Wildman–Crippen LogP) is 2.47. The second-order valence-electron chi connectivity index (χ2n) is 3.04. The Morgan fingerprint density at radius 3 is 3.00 bits per heavy atom. The van der Waals surface area contributed by atoms with Gasteiger partial charge in [-0.25, -0.2) is 0 Å². The zero-order chi connectivity index (χ0) is 8.10. The maximum Gasteiger partial charge on any atom is 0.0115 e. The van der Waals surface area contributed by atoms with Crippen LogP contribution in [0.5, 0.6) is 0 Å². The maximum atomic E-state index is 4.02. The first-order valence-electron chi connectivity index (χ1n) is 4.42. The molecule has 0 fully saturated rings. The molecule has 0 heterocycles. The Morgan fingerprint density at radius 2 is 2.45 bits per heavy atom.